The lowest BCUT2D eigenvalue weighted by Gasteiger charge is -2.19. The van der Waals surface area contributed by atoms with Gasteiger partial charge in [-0.15, -0.1) is 11.3 Å². The van der Waals surface area contributed by atoms with Crippen LogP contribution in [0.3, 0.4) is 0 Å². The number of amides is 1. The molecule has 1 amide bonds. The van der Waals surface area contributed by atoms with Crippen molar-refractivity contribution in [2.24, 2.45) is 0 Å². The molecule has 1 aliphatic rings. The van der Waals surface area contributed by atoms with Crippen LogP contribution < -0.4 is 14.8 Å². The van der Waals surface area contributed by atoms with Gasteiger partial charge in [-0.05, 0) is 36.4 Å². The third kappa shape index (κ3) is 4.41. The monoisotopic (exact) mass is 366 g/mol. The minimum Gasteiger partial charge on any atom is -0.454 e. The number of carbonyl (C=O) groups excluding carboxylic acids is 1. The van der Waals surface area contributed by atoms with Gasteiger partial charge in [0.15, 0.2) is 11.5 Å². The highest BCUT2D eigenvalue weighted by atomic mass is 35.5. The normalized spacial score (nSPS) is 12.6. The molecule has 0 spiro atoms. The molecule has 1 aromatic carbocycles. The number of hydrogen-bond acceptors (Lipinski definition) is 5. The van der Waals surface area contributed by atoms with Crippen molar-refractivity contribution >= 4 is 28.8 Å². The van der Waals surface area contributed by atoms with E-state index < -0.39 is 0 Å². The molecular formula is C17H19ClN2O3S. The van der Waals surface area contributed by atoms with E-state index in [1.807, 2.05) is 37.3 Å². The molecule has 1 N–H and O–H groups in total. The Hall–Kier alpha value is -1.76. The van der Waals surface area contributed by atoms with Crippen LogP contribution in [0.25, 0.3) is 0 Å². The van der Waals surface area contributed by atoms with Crippen LogP contribution in [0.1, 0.15) is 17.4 Å². The molecule has 0 saturated carbocycles. The molecule has 0 fully saturated rings. The van der Waals surface area contributed by atoms with E-state index in [0.717, 1.165) is 39.4 Å². The Morgan fingerprint density at radius 1 is 1.29 bits per heavy atom. The second-order valence-electron chi connectivity index (χ2n) is 5.47. The van der Waals surface area contributed by atoms with Crippen molar-refractivity contribution in [2.45, 2.75) is 20.0 Å². The summed E-state index contributed by atoms with van der Waals surface area (Å²) < 4.78 is 11.4. The lowest BCUT2D eigenvalue weighted by Crippen LogP contribution is -2.36. The number of likely N-dealkylation sites (N-methyl/N-ethyl adjacent to an activating group) is 1. The standard InChI is InChI=1S/C17H19ClN2O3S/c1-2-20(9-13-4-6-16(18)24-13)10-17(21)19-8-12-3-5-14-15(7-12)23-11-22-14/h3-7H,2,8-11H2,1H3,(H,19,21). The maximum Gasteiger partial charge on any atom is 0.234 e. The van der Waals surface area contributed by atoms with Crippen LogP contribution in [0.15, 0.2) is 30.3 Å². The number of ether oxygens (including phenoxy) is 2. The van der Waals surface area contributed by atoms with E-state index in [1.165, 1.54) is 0 Å². The first-order chi connectivity index (χ1) is 11.6. The van der Waals surface area contributed by atoms with Crippen molar-refractivity contribution in [1.29, 1.82) is 0 Å². The molecule has 0 aliphatic carbocycles. The molecule has 128 valence electrons. The fourth-order valence-electron chi connectivity index (χ4n) is 2.45. The first-order valence-electron chi connectivity index (χ1n) is 7.76. The maximum absolute atomic E-state index is 12.2. The number of nitrogens with one attached hydrogen (secondary N) is 1. The van der Waals surface area contributed by atoms with Gasteiger partial charge in [0.05, 0.1) is 10.9 Å². The van der Waals surface area contributed by atoms with Crippen LogP contribution >= 0.6 is 22.9 Å². The molecule has 0 atom stereocenters. The molecule has 24 heavy (non-hydrogen) atoms. The van der Waals surface area contributed by atoms with E-state index in [0.29, 0.717) is 13.1 Å². The number of thiophene rings is 1. The van der Waals surface area contributed by atoms with Gasteiger partial charge >= 0.3 is 0 Å². The Morgan fingerprint density at radius 3 is 2.88 bits per heavy atom. The number of halogens is 1. The fourth-order valence-corrected chi connectivity index (χ4v) is 3.58. The van der Waals surface area contributed by atoms with Crippen LogP contribution in [0.2, 0.25) is 4.34 Å². The second-order valence-corrected chi connectivity index (χ2v) is 7.27. The van der Waals surface area contributed by atoms with E-state index in [1.54, 1.807) is 11.3 Å². The molecule has 2 aromatic rings. The lowest BCUT2D eigenvalue weighted by molar-refractivity contribution is -0.122. The molecule has 0 saturated heterocycles. The van der Waals surface area contributed by atoms with Gasteiger partial charge in [0.25, 0.3) is 0 Å². The summed E-state index contributed by atoms with van der Waals surface area (Å²) >= 11 is 7.50. The highest BCUT2D eigenvalue weighted by Gasteiger charge is 2.14. The van der Waals surface area contributed by atoms with Gasteiger partial charge in [0.1, 0.15) is 0 Å². The second kappa shape index (κ2) is 7.88. The van der Waals surface area contributed by atoms with E-state index >= 15 is 0 Å². The Kier molecular flexibility index (Phi) is 5.60. The highest BCUT2D eigenvalue weighted by Crippen LogP contribution is 2.32. The van der Waals surface area contributed by atoms with Gasteiger partial charge in [-0.3, -0.25) is 9.69 Å². The summed E-state index contributed by atoms with van der Waals surface area (Å²) in [7, 11) is 0. The van der Waals surface area contributed by atoms with E-state index in [9.17, 15) is 4.79 Å². The molecule has 2 heterocycles. The highest BCUT2D eigenvalue weighted by molar-refractivity contribution is 7.16. The van der Waals surface area contributed by atoms with Crippen molar-refractivity contribution in [1.82, 2.24) is 10.2 Å². The number of benzene rings is 1. The predicted molar refractivity (Wildman–Crippen MR) is 94.7 cm³/mol. The number of rotatable bonds is 7. The van der Waals surface area contributed by atoms with Gasteiger partial charge in [0.2, 0.25) is 12.7 Å². The smallest absolute Gasteiger partial charge is 0.234 e. The third-order valence-corrected chi connectivity index (χ3v) is 4.97. The Labute approximate surface area is 150 Å². The summed E-state index contributed by atoms with van der Waals surface area (Å²) in [5, 5.41) is 2.95. The van der Waals surface area contributed by atoms with Gasteiger partial charge in [0, 0.05) is 18.0 Å². The van der Waals surface area contributed by atoms with Crippen LogP contribution in [0.4, 0.5) is 0 Å². The molecule has 0 bridgehead atoms. The van der Waals surface area contributed by atoms with Gasteiger partial charge in [-0.1, -0.05) is 24.6 Å². The minimum atomic E-state index is -0.00262. The van der Waals surface area contributed by atoms with Crippen molar-refractivity contribution in [3.05, 3.63) is 45.1 Å². The summed E-state index contributed by atoms with van der Waals surface area (Å²) in [4.78, 5) is 15.4. The molecule has 3 rings (SSSR count). The van der Waals surface area contributed by atoms with Crippen molar-refractivity contribution in [2.75, 3.05) is 19.9 Å². The SMILES string of the molecule is CCN(CC(=O)NCc1ccc2c(c1)OCO2)Cc1ccc(Cl)s1. The molecule has 5 nitrogen and oxygen atoms in total. The van der Waals surface area contributed by atoms with Crippen LogP contribution in [-0.4, -0.2) is 30.7 Å². The summed E-state index contributed by atoms with van der Waals surface area (Å²) in [6.45, 7) is 4.65. The quantitative estimate of drug-likeness (QED) is 0.817. The average molecular weight is 367 g/mol. The van der Waals surface area contributed by atoms with Gasteiger partial charge in [-0.25, -0.2) is 0 Å². The van der Waals surface area contributed by atoms with Gasteiger partial charge in [-0.2, -0.15) is 0 Å². The van der Waals surface area contributed by atoms with E-state index in [2.05, 4.69) is 10.2 Å². The molecule has 0 radical (unpaired) electrons. The maximum atomic E-state index is 12.2. The zero-order valence-corrected chi connectivity index (χ0v) is 15.0. The Morgan fingerprint density at radius 2 is 2.12 bits per heavy atom. The fraction of sp³-hybridized carbons (Fsp3) is 0.353. The third-order valence-electron chi connectivity index (χ3n) is 3.75. The Bertz CT molecular complexity index is 720. The lowest BCUT2D eigenvalue weighted by atomic mass is 10.2. The number of nitrogens with zero attached hydrogens (tertiary/aromatic N) is 1. The van der Waals surface area contributed by atoms with Gasteiger partial charge < -0.3 is 14.8 Å². The summed E-state index contributed by atoms with van der Waals surface area (Å²) in [6.07, 6.45) is 0. The van der Waals surface area contributed by atoms with Crippen LogP contribution in [-0.2, 0) is 17.9 Å². The largest absolute Gasteiger partial charge is 0.454 e. The zero-order valence-electron chi connectivity index (χ0n) is 13.4. The summed E-state index contributed by atoms with van der Waals surface area (Å²) in [5.41, 5.74) is 0.987. The number of hydrogen-bond donors (Lipinski definition) is 1. The topological polar surface area (TPSA) is 50.8 Å². The van der Waals surface area contributed by atoms with Crippen LogP contribution in [0.5, 0.6) is 11.5 Å². The molecule has 7 heteroatoms. The predicted octanol–water partition coefficient (Wildman–Crippen LogP) is 3.27. The van der Waals surface area contributed by atoms with Crippen molar-refractivity contribution in [3.63, 3.8) is 0 Å². The molecular weight excluding hydrogens is 348 g/mol. The average Bonchev–Trinajstić information content (AvgIpc) is 3.20. The van der Waals surface area contributed by atoms with Crippen molar-refractivity contribution < 1.29 is 14.3 Å². The number of fused-ring (bicyclic) bond motifs is 1. The Balaban J connectivity index is 1.49. The molecule has 0 unspecified atom stereocenters. The molecule has 1 aromatic heterocycles. The summed E-state index contributed by atoms with van der Waals surface area (Å²) in [5.74, 6) is 1.47. The van der Waals surface area contributed by atoms with E-state index in [4.69, 9.17) is 21.1 Å². The zero-order chi connectivity index (χ0) is 16.9. The first-order valence-corrected chi connectivity index (χ1v) is 8.95. The van der Waals surface area contributed by atoms with Crippen LogP contribution in [0, 0.1) is 0 Å². The number of carbonyl (C=O) groups is 1. The van der Waals surface area contributed by atoms with Crippen molar-refractivity contribution in [3.8, 4) is 11.5 Å². The molecule has 1 aliphatic heterocycles. The summed E-state index contributed by atoms with van der Waals surface area (Å²) in [6, 6.07) is 9.57. The first kappa shape index (κ1) is 17.1. The van der Waals surface area contributed by atoms with E-state index in [-0.39, 0.29) is 12.7 Å². The minimum absolute atomic E-state index is 0.00262.